The minimum absolute atomic E-state index is 0.000326. The van der Waals surface area contributed by atoms with E-state index in [0.717, 1.165) is 17.3 Å². The fraction of sp³-hybridized carbons (Fsp3) is 0.118. The zero-order chi connectivity index (χ0) is 16.9. The number of Topliss-reactive ketones (excluding diaryl/α,β-unsaturated/α-hetero) is 1. The average Bonchev–Trinajstić information content (AvgIpc) is 3.09. The molecule has 0 atom stereocenters. The minimum Gasteiger partial charge on any atom is -0.497 e. The van der Waals surface area contributed by atoms with Crippen LogP contribution in [0.3, 0.4) is 0 Å². The van der Waals surface area contributed by atoms with Crippen LogP contribution in [0.4, 0.5) is 4.39 Å². The number of carbonyl (C=O) groups is 1. The zero-order valence-corrected chi connectivity index (χ0v) is 13.5. The Balaban J connectivity index is 1.66. The lowest BCUT2D eigenvalue weighted by molar-refractivity contribution is 0.101. The van der Waals surface area contributed by atoms with E-state index in [1.165, 1.54) is 19.2 Å². The molecule has 0 N–H and O–H groups in total. The molecule has 0 bridgehead atoms. The highest BCUT2D eigenvalue weighted by molar-refractivity contribution is 7.99. The summed E-state index contributed by atoms with van der Waals surface area (Å²) in [5.74, 6) is -0.239. The lowest BCUT2D eigenvalue weighted by Gasteiger charge is -2.04. The van der Waals surface area contributed by atoms with Crippen molar-refractivity contribution in [2.45, 2.75) is 5.22 Å². The highest BCUT2D eigenvalue weighted by atomic mass is 32.2. The molecule has 0 spiro atoms. The van der Waals surface area contributed by atoms with E-state index in [2.05, 4.69) is 10.2 Å². The maximum atomic E-state index is 13.9. The van der Waals surface area contributed by atoms with Crippen molar-refractivity contribution in [3.05, 3.63) is 59.9 Å². The maximum absolute atomic E-state index is 13.9. The van der Waals surface area contributed by atoms with Crippen molar-refractivity contribution in [3.63, 3.8) is 0 Å². The van der Waals surface area contributed by atoms with Crippen LogP contribution in [0.1, 0.15) is 10.4 Å². The lowest BCUT2D eigenvalue weighted by Crippen LogP contribution is -2.05. The number of ether oxygens (including phenoxy) is 1. The summed E-state index contributed by atoms with van der Waals surface area (Å²) in [6, 6.07) is 13.4. The Morgan fingerprint density at radius 3 is 2.71 bits per heavy atom. The van der Waals surface area contributed by atoms with Gasteiger partial charge in [-0.2, -0.15) is 0 Å². The van der Waals surface area contributed by atoms with Gasteiger partial charge in [-0.15, -0.1) is 10.2 Å². The fourth-order valence-electron chi connectivity index (χ4n) is 2.02. The van der Waals surface area contributed by atoms with Crippen LogP contribution in [0.5, 0.6) is 5.75 Å². The van der Waals surface area contributed by atoms with Crippen LogP contribution in [-0.4, -0.2) is 28.8 Å². The largest absolute Gasteiger partial charge is 0.497 e. The van der Waals surface area contributed by atoms with Crippen molar-refractivity contribution >= 4 is 17.5 Å². The summed E-state index contributed by atoms with van der Waals surface area (Å²) in [7, 11) is 1.44. The SMILES string of the molecule is COc1ccc(C(=O)CSc2nnc(-c3ccccc3)o2)c(F)c1. The third kappa shape index (κ3) is 3.62. The van der Waals surface area contributed by atoms with Gasteiger partial charge in [-0.1, -0.05) is 30.0 Å². The molecule has 0 amide bonds. The first kappa shape index (κ1) is 16.2. The number of nitrogens with zero attached hydrogens (tertiary/aromatic N) is 2. The molecule has 0 saturated heterocycles. The number of rotatable bonds is 6. The maximum Gasteiger partial charge on any atom is 0.277 e. The summed E-state index contributed by atoms with van der Waals surface area (Å²) < 4.78 is 24.3. The first-order valence-corrected chi connectivity index (χ1v) is 8.04. The molecule has 0 fully saturated rings. The lowest BCUT2D eigenvalue weighted by atomic mass is 10.1. The summed E-state index contributed by atoms with van der Waals surface area (Å²) in [6.45, 7) is 0. The molecule has 1 aromatic heterocycles. The number of benzene rings is 2. The Hall–Kier alpha value is -2.67. The van der Waals surface area contributed by atoms with Gasteiger partial charge in [0, 0.05) is 11.6 Å². The van der Waals surface area contributed by atoms with E-state index in [1.807, 2.05) is 30.3 Å². The Morgan fingerprint density at radius 2 is 2.00 bits per heavy atom. The van der Waals surface area contributed by atoms with Crippen LogP contribution in [0.25, 0.3) is 11.5 Å². The summed E-state index contributed by atoms with van der Waals surface area (Å²) in [5.41, 5.74) is 0.801. The number of methoxy groups -OCH3 is 1. The molecule has 24 heavy (non-hydrogen) atoms. The number of aromatic nitrogens is 2. The van der Waals surface area contributed by atoms with Crippen molar-refractivity contribution in [1.29, 1.82) is 0 Å². The summed E-state index contributed by atoms with van der Waals surface area (Å²) >= 11 is 1.07. The molecule has 0 unspecified atom stereocenters. The van der Waals surface area contributed by atoms with Crippen LogP contribution >= 0.6 is 11.8 Å². The Labute approximate surface area is 141 Å². The van der Waals surface area contributed by atoms with Crippen LogP contribution in [0, 0.1) is 5.82 Å². The van der Waals surface area contributed by atoms with E-state index in [1.54, 1.807) is 6.07 Å². The third-order valence-corrected chi connectivity index (χ3v) is 4.05. The molecule has 5 nitrogen and oxygen atoms in total. The Kier molecular flexibility index (Phi) is 4.90. The Bertz CT molecular complexity index is 852. The van der Waals surface area contributed by atoms with Crippen molar-refractivity contribution in [2.75, 3.05) is 12.9 Å². The predicted octanol–water partition coefficient (Wildman–Crippen LogP) is 3.86. The highest BCUT2D eigenvalue weighted by Crippen LogP contribution is 2.24. The first-order valence-electron chi connectivity index (χ1n) is 7.06. The topological polar surface area (TPSA) is 65.2 Å². The standard InChI is InChI=1S/C17H13FN2O3S/c1-22-12-7-8-13(14(18)9-12)15(21)10-24-17-20-19-16(23-17)11-5-3-2-4-6-11/h2-9H,10H2,1H3. The van der Waals surface area contributed by atoms with Gasteiger partial charge in [0.25, 0.3) is 5.22 Å². The second-order valence-corrected chi connectivity index (χ2v) is 5.72. The average molecular weight is 344 g/mol. The molecule has 1 heterocycles. The van der Waals surface area contributed by atoms with E-state index in [9.17, 15) is 9.18 Å². The van der Waals surface area contributed by atoms with Gasteiger partial charge in [0.2, 0.25) is 5.89 Å². The van der Waals surface area contributed by atoms with Crippen LogP contribution in [0.15, 0.2) is 58.2 Å². The van der Waals surface area contributed by atoms with Gasteiger partial charge in [0.05, 0.1) is 18.4 Å². The molecule has 0 aliphatic carbocycles. The van der Waals surface area contributed by atoms with Crippen LogP contribution < -0.4 is 4.74 Å². The molecular weight excluding hydrogens is 331 g/mol. The van der Waals surface area contributed by atoms with Gasteiger partial charge < -0.3 is 9.15 Å². The minimum atomic E-state index is -0.615. The van der Waals surface area contributed by atoms with Gasteiger partial charge in [0.15, 0.2) is 5.78 Å². The van der Waals surface area contributed by atoms with Crippen molar-refractivity contribution in [3.8, 4) is 17.2 Å². The van der Waals surface area contributed by atoms with E-state index < -0.39 is 5.82 Å². The smallest absolute Gasteiger partial charge is 0.277 e. The number of hydrogen-bond acceptors (Lipinski definition) is 6. The zero-order valence-electron chi connectivity index (χ0n) is 12.7. The van der Waals surface area contributed by atoms with Gasteiger partial charge in [-0.25, -0.2) is 4.39 Å². The molecule has 3 rings (SSSR count). The second-order valence-electron chi connectivity index (χ2n) is 4.80. The second kappa shape index (κ2) is 7.27. The van der Waals surface area contributed by atoms with Crippen LogP contribution in [-0.2, 0) is 0 Å². The summed E-state index contributed by atoms with van der Waals surface area (Å²) in [6.07, 6.45) is 0. The third-order valence-electron chi connectivity index (χ3n) is 3.23. The summed E-state index contributed by atoms with van der Waals surface area (Å²) in [4.78, 5) is 12.1. The molecule has 3 aromatic rings. The predicted molar refractivity (Wildman–Crippen MR) is 87.7 cm³/mol. The molecule has 0 saturated carbocycles. The highest BCUT2D eigenvalue weighted by Gasteiger charge is 2.15. The normalized spacial score (nSPS) is 10.6. The first-order chi connectivity index (χ1) is 11.7. The van der Waals surface area contributed by atoms with Crippen molar-refractivity contribution < 1.29 is 18.3 Å². The van der Waals surface area contributed by atoms with Crippen molar-refractivity contribution in [1.82, 2.24) is 10.2 Å². The van der Waals surface area contributed by atoms with E-state index in [4.69, 9.17) is 9.15 Å². The van der Waals surface area contributed by atoms with Gasteiger partial charge >= 0.3 is 0 Å². The molecule has 7 heteroatoms. The quantitative estimate of drug-likeness (QED) is 0.500. The van der Waals surface area contributed by atoms with Crippen LogP contribution in [0.2, 0.25) is 0 Å². The number of carbonyl (C=O) groups excluding carboxylic acids is 1. The number of hydrogen-bond donors (Lipinski definition) is 0. The molecular formula is C17H13FN2O3S. The Morgan fingerprint density at radius 1 is 1.21 bits per heavy atom. The number of halogens is 1. The fourth-order valence-corrected chi connectivity index (χ4v) is 2.67. The van der Waals surface area contributed by atoms with E-state index >= 15 is 0 Å². The number of ketones is 1. The monoisotopic (exact) mass is 344 g/mol. The summed E-state index contributed by atoms with van der Waals surface area (Å²) in [5, 5.41) is 8.09. The molecule has 122 valence electrons. The van der Waals surface area contributed by atoms with Crippen molar-refractivity contribution in [2.24, 2.45) is 0 Å². The molecule has 0 radical (unpaired) electrons. The molecule has 0 aliphatic heterocycles. The molecule has 2 aromatic carbocycles. The van der Waals surface area contributed by atoms with Gasteiger partial charge in [0.1, 0.15) is 11.6 Å². The van der Waals surface area contributed by atoms with E-state index in [-0.39, 0.29) is 22.3 Å². The number of thioether (sulfide) groups is 1. The van der Waals surface area contributed by atoms with E-state index in [0.29, 0.717) is 11.6 Å². The van der Waals surface area contributed by atoms with Gasteiger partial charge in [-0.3, -0.25) is 4.79 Å². The molecule has 0 aliphatic rings. The van der Waals surface area contributed by atoms with Gasteiger partial charge in [-0.05, 0) is 24.3 Å².